The van der Waals surface area contributed by atoms with Crippen LogP contribution in [0.2, 0.25) is 0 Å². The molecule has 1 N–H and O–H groups in total. The highest BCUT2D eigenvalue weighted by Gasteiger charge is 2.21. The Kier molecular flexibility index (Phi) is 5.40. The molecule has 1 aromatic rings. The van der Waals surface area contributed by atoms with Gasteiger partial charge in [-0.1, -0.05) is 35.9 Å². The predicted octanol–water partition coefficient (Wildman–Crippen LogP) is 4.69. The van der Waals surface area contributed by atoms with Gasteiger partial charge in [0.2, 0.25) is 0 Å². The van der Waals surface area contributed by atoms with Crippen LogP contribution < -0.4 is 0 Å². The van der Waals surface area contributed by atoms with Crippen LogP contribution in [-0.4, -0.2) is 11.1 Å². The van der Waals surface area contributed by atoms with E-state index in [9.17, 15) is 4.79 Å². The maximum atomic E-state index is 10.4. The van der Waals surface area contributed by atoms with Crippen molar-refractivity contribution in [2.24, 2.45) is 5.92 Å². The third-order valence-electron chi connectivity index (χ3n) is 4.40. The number of aryl methyl sites for hydroxylation is 1. The van der Waals surface area contributed by atoms with E-state index in [2.05, 4.69) is 31.2 Å². The molecule has 0 saturated heterocycles. The standard InChI is InChI=1S/C18H24O2/c1-14-6-10-16(11-7-14)17-12-8-15(9-13-17)4-2-3-5-18(19)20/h3,5-7,10-11,15,17H,2,4,8-9,12-13H2,1H3,(H,19,20)/b5-3+/t15-,17-. The van der Waals surface area contributed by atoms with Crippen molar-refractivity contribution in [2.75, 3.05) is 0 Å². The topological polar surface area (TPSA) is 37.3 Å². The Labute approximate surface area is 121 Å². The zero-order valence-corrected chi connectivity index (χ0v) is 12.2. The van der Waals surface area contributed by atoms with Gasteiger partial charge in [0.15, 0.2) is 0 Å². The summed E-state index contributed by atoms with van der Waals surface area (Å²) in [6.07, 6.45) is 10.2. The summed E-state index contributed by atoms with van der Waals surface area (Å²) < 4.78 is 0. The van der Waals surface area contributed by atoms with Gasteiger partial charge in [-0.15, -0.1) is 0 Å². The van der Waals surface area contributed by atoms with Crippen LogP contribution in [0, 0.1) is 12.8 Å². The highest BCUT2D eigenvalue weighted by Crippen LogP contribution is 2.37. The maximum absolute atomic E-state index is 10.4. The Balaban J connectivity index is 1.75. The molecule has 20 heavy (non-hydrogen) atoms. The van der Waals surface area contributed by atoms with Crippen molar-refractivity contribution < 1.29 is 9.90 Å². The van der Waals surface area contributed by atoms with E-state index in [4.69, 9.17) is 5.11 Å². The number of carboxylic acids is 1. The van der Waals surface area contributed by atoms with Crippen molar-refractivity contribution in [3.63, 3.8) is 0 Å². The van der Waals surface area contributed by atoms with Crippen molar-refractivity contribution in [1.82, 2.24) is 0 Å². The molecule has 0 aliphatic heterocycles. The van der Waals surface area contributed by atoms with E-state index < -0.39 is 5.97 Å². The largest absolute Gasteiger partial charge is 0.478 e. The first-order chi connectivity index (χ1) is 9.65. The number of rotatable bonds is 5. The van der Waals surface area contributed by atoms with Crippen molar-refractivity contribution in [3.8, 4) is 0 Å². The van der Waals surface area contributed by atoms with Crippen molar-refractivity contribution >= 4 is 5.97 Å². The minimum absolute atomic E-state index is 0.724. The van der Waals surface area contributed by atoms with E-state index in [0.29, 0.717) is 0 Å². The summed E-state index contributed by atoms with van der Waals surface area (Å²) >= 11 is 0. The number of carbonyl (C=O) groups is 1. The molecular weight excluding hydrogens is 248 g/mol. The van der Waals surface area contributed by atoms with Gasteiger partial charge in [-0.05, 0) is 62.8 Å². The summed E-state index contributed by atoms with van der Waals surface area (Å²) in [6, 6.07) is 8.96. The fourth-order valence-electron chi connectivity index (χ4n) is 3.14. The highest BCUT2D eigenvalue weighted by molar-refractivity contribution is 5.79. The van der Waals surface area contributed by atoms with E-state index in [1.807, 2.05) is 0 Å². The summed E-state index contributed by atoms with van der Waals surface area (Å²) in [5, 5.41) is 8.54. The molecule has 0 radical (unpaired) electrons. The van der Waals surface area contributed by atoms with Gasteiger partial charge in [-0.2, -0.15) is 0 Å². The molecule has 1 aliphatic rings. The molecule has 1 aliphatic carbocycles. The maximum Gasteiger partial charge on any atom is 0.327 e. The second kappa shape index (κ2) is 7.28. The fraction of sp³-hybridized carbons (Fsp3) is 0.500. The minimum Gasteiger partial charge on any atom is -0.478 e. The van der Waals surface area contributed by atoms with E-state index in [1.165, 1.54) is 42.9 Å². The second-order valence-electron chi connectivity index (χ2n) is 5.95. The van der Waals surface area contributed by atoms with Gasteiger partial charge < -0.3 is 5.11 Å². The second-order valence-corrected chi connectivity index (χ2v) is 5.95. The van der Waals surface area contributed by atoms with Crippen molar-refractivity contribution in [3.05, 3.63) is 47.5 Å². The molecule has 108 valence electrons. The first-order valence-corrected chi connectivity index (χ1v) is 7.61. The first-order valence-electron chi connectivity index (χ1n) is 7.61. The smallest absolute Gasteiger partial charge is 0.327 e. The summed E-state index contributed by atoms with van der Waals surface area (Å²) in [6.45, 7) is 2.13. The van der Waals surface area contributed by atoms with Crippen LogP contribution >= 0.6 is 0 Å². The van der Waals surface area contributed by atoms with Crippen LogP contribution in [0.5, 0.6) is 0 Å². The molecule has 0 spiro atoms. The summed E-state index contributed by atoms with van der Waals surface area (Å²) in [7, 11) is 0. The lowest BCUT2D eigenvalue weighted by molar-refractivity contribution is -0.131. The normalized spacial score (nSPS) is 23.1. The van der Waals surface area contributed by atoms with E-state index in [0.717, 1.165) is 24.7 Å². The van der Waals surface area contributed by atoms with Crippen molar-refractivity contribution in [2.45, 2.75) is 51.4 Å². The molecule has 0 unspecified atom stereocenters. The minimum atomic E-state index is -0.840. The number of aliphatic carboxylic acids is 1. The molecule has 2 heteroatoms. The first kappa shape index (κ1) is 14.8. The molecule has 0 bridgehead atoms. The van der Waals surface area contributed by atoms with Crippen LogP contribution in [0.25, 0.3) is 0 Å². The lowest BCUT2D eigenvalue weighted by Gasteiger charge is -2.28. The zero-order chi connectivity index (χ0) is 14.4. The fourth-order valence-corrected chi connectivity index (χ4v) is 3.14. The molecule has 0 atom stereocenters. The van der Waals surface area contributed by atoms with Gasteiger partial charge in [0.1, 0.15) is 0 Å². The summed E-state index contributed by atoms with van der Waals surface area (Å²) in [5.41, 5.74) is 2.81. The number of hydrogen-bond donors (Lipinski definition) is 1. The average Bonchev–Trinajstić information content (AvgIpc) is 2.45. The third kappa shape index (κ3) is 4.52. The number of carboxylic acid groups (broad SMARTS) is 1. The SMILES string of the molecule is Cc1ccc([C@H]2CC[C@H](CC/C=C/C(=O)O)CC2)cc1. The van der Waals surface area contributed by atoms with Gasteiger partial charge in [-0.25, -0.2) is 4.79 Å². The van der Waals surface area contributed by atoms with Gasteiger partial charge in [0.25, 0.3) is 0 Å². The Bertz CT molecular complexity index is 451. The van der Waals surface area contributed by atoms with Crippen LogP contribution in [0.3, 0.4) is 0 Å². The van der Waals surface area contributed by atoms with E-state index in [1.54, 1.807) is 6.08 Å². The summed E-state index contributed by atoms with van der Waals surface area (Å²) in [5.74, 6) is 0.657. The Morgan fingerprint density at radius 1 is 1.20 bits per heavy atom. The lowest BCUT2D eigenvalue weighted by atomic mass is 9.77. The third-order valence-corrected chi connectivity index (χ3v) is 4.40. The highest BCUT2D eigenvalue weighted by atomic mass is 16.4. The van der Waals surface area contributed by atoms with Gasteiger partial charge in [0.05, 0.1) is 0 Å². The molecule has 1 aromatic carbocycles. The molecule has 0 aromatic heterocycles. The van der Waals surface area contributed by atoms with Crippen LogP contribution in [-0.2, 0) is 4.79 Å². The van der Waals surface area contributed by atoms with Gasteiger partial charge >= 0.3 is 5.97 Å². The Morgan fingerprint density at radius 2 is 1.85 bits per heavy atom. The van der Waals surface area contributed by atoms with Crippen LogP contribution in [0.4, 0.5) is 0 Å². The molecular formula is C18H24O2. The zero-order valence-electron chi connectivity index (χ0n) is 12.2. The summed E-state index contributed by atoms with van der Waals surface area (Å²) in [4.78, 5) is 10.4. The molecule has 0 heterocycles. The monoisotopic (exact) mass is 272 g/mol. The molecule has 1 saturated carbocycles. The lowest BCUT2D eigenvalue weighted by Crippen LogP contribution is -2.13. The molecule has 2 rings (SSSR count). The number of hydrogen-bond acceptors (Lipinski definition) is 1. The Hall–Kier alpha value is -1.57. The van der Waals surface area contributed by atoms with Crippen molar-refractivity contribution in [1.29, 1.82) is 0 Å². The predicted molar refractivity (Wildman–Crippen MR) is 81.9 cm³/mol. The molecule has 2 nitrogen and oxygen atoms in total. The van der Waals surface area contributed by atoms with Crippen LogP contribution in [0.15, 0.2) is 36.4 Å². The van der Waals surface area contributed by atoms with Gasteiger partial charge in [-0.3, -0.25) is 0 Å². The quantitative estimate of drug-likeness (QED) is 0.789. The molecule has 0 amide bonds. The average molecular weight is 272 g/mol. The number of benzene rings is 1. The van der Waals surface area contributed by atoms with E-state index in [-0.39, 0.29) is 0 Å². The molecule has 1 fully saturated rings. The Morgan fingerprint density at radius 3 is 2.45 bits per heavy atom. The van der Waals surface area contributed by atoms with Gasteiger partial charge in [0, 0.05) is 6.08 Å². The van der Waals surface area contributed by atoms with E-state index >= 15 is 0 Å². The number of allylic oxidation sites excluding steroid dienone is 1. The van der Waals surface area contributed by atoms with Crippen LogP contribution in [0.1, 0.15) is 55.6 Å².